The number of rotatable bonds is 6. The molecule has 0 bridgehead atoms. The Bertz CT molecular complexity index is 817. The average molecular weight is 413 g/mol. The van der Waals surface area contributed by atoms with Crippen LogP contribution in [-0.2, 0) is 24.3 Å². The lowest BCUT2D eigenvalue weighted by Crippen LogP contribution is -2.53. The summed E-state index contributed by atoms with van der Waals surface area (Å²) in [6.45, 7) is 5.53. The van der Waals surface area contributed by atoms with Crippen LogP contribution in [0.15, 0.2) is 17.0 Å². The van der Waals surface area contributed by atoms with E-state index in [1.54, 1.807) is 13.8 Å². The lowest BCUT2D eigenvalue weighted by molar-refractivity contribution is -0.140. The van der Waals surface area contributed by atoms with Crippen LogP contribution in [0.5, 0.6) is 0 Å². The van der Waals surface area contributed by atoms with Crippen molar-refractivity contribution in [2.75, 3.05) is 32.8 Å². The molecule has 0 aromatic heterocycles. The highest BCUT2D eigenvalue weighted by molar-refractivity contribution is 7.89. The Kier molecular flexibility index (Phi) is 7.53. The number of hydrogen-bond acceptors (Lipinski definition) is 6. The zero-order valence-corrected chi connectivity index (χ0v) is 17.1. The van der Waals surface area contributed by atoms with Gasteiger partial charge in [0.1, 0.15) is 6.23 Å². The van der Waals surface area contributed by atoms with Gasteiger partial charge in [-0.2, -0.15) is 4.31 Å². The Morgan fingerprint density at radius 2 is 1.79 bits per heavy atom. The van der Waals surface area contributed by atoms with Gasteiger partial charge in [-0.25, -0.2) is 8.42 Å². The zero-order chi connectivity index (χ0) is 20.9. The van der Waals surface area contributed by atoms with Crippen molar-refractivity contribution >= 4 is 21.8 Å². The van der Waals surface area contributed by atoms with Gasteiger partial charge in [0, 0.05) is 13.1 Å². The number of aliphatic hydroxyl groups excluding tert-OH is 1. The van der Waals surface area contributed by atoms with E-state index in [2.05, 4.69) is 10.6 Å². The molecule has 0 radical (unpaired) electrons. The molecular weight excluding hydrogens is 386 g/mol. The van der Waals surface area contributed by atoms with E-state index in [9.17, 15) is 18.0 Å². The molecule has 10 heteroatoms. The SMILES string of the molecule is Cc1cc(C)c(S(=O)(=O)N2CCCO[C@@H]2CNC(=O)C(=O)NCCO)c(C)c1. The van der Waals surface area contributed by atoms with E-state index in [1.807, 2.05) is 19.1 Å². The maximum Gasteiger partial charge on any atom is 0.309 e. The molecule has 1 aromatic carbocycles. The fraction of sp³-hybridized carbons (Fsp3) is 0.556. The van der Waals surface area contributed by atoms with E-state index in [0.29, 0.717) is 24.2 Å². The van der Waals surface area contributed by atoms with Gasteiger partial charge in [-0.05, 0) is 38.3 Å². The quantitative estimate of drug-likeness (QED) is 0.544. The standard InChI is InChI=1S/C18H27N3O6S/c1-12-9-13(2)16(14(3)10-12)28(25,26)21-6-4-8-27-15(21)11-20-18(24)17(23)19-5-7-22/h9-10,15,22H,4-8,11H2,1-3H3,(H,19,23)(H,20,24)/t15-/m1/s1. The molecule has 0 aliphatic carbocycles. The molecule has 28 heavy (non-hydrogen) atoms. The number of benzene rings is 1. The lowest BCUT2D eigenvalue weighted by atomic mass is 10.1. The first-order chi connectivity index (χ1) is 13.2. The Morgan fingerprint density at radius 1 is 1.18 bits per heavy atom. The van der Waals surface area contributed by atoms with Crippen molar-refractivity contribution in [1.82, 2.24) is 14.9 Å². The highest BCUT2D eigenvalue weighted by atomic mass is 32.2. The number of aliphatic hydroxyl groups is 1. The number of sulfonamides is 1. The summed E-state index contributed by atoms with van der Waals surface area (Å²) in [6, 6.07) is 3.62. The average Bonchev–Trinajstić information content (AvgIpc) is 2.63. The molecule has 1 heterocycles. The van der Waals surface area contributed by atoms with Crippen LogP contribution in [-0.4, -0.2) is 68.7 Å². The number of ether oxygens (including phenoxy) is 1. The summed E-state index contributed by atoms with van der Waals surface area (Å²) < 4.78 is 33.4. The molecule has 3 N–H and O–H groups in total. The summed E-state index contributed by atoms with van der Waals surface area (Å²) in [7, 11) is -3.85. The summed E-state index contributed by atoms with van der Waals surface area (Å²) in [5.74, 6) is -1.81. The predicted octanol–water partition coefficient (Wildman–Crippen LogP) is -0.426. The summed E-state index contributed by atoms with van der Waals surface area (Å²) in [4.78, 5) is 23.7. The number of amides is 2. The molecule has 1 saturated heterocycles. The second-order valence-electron chi connectivity index (χ2n) is 6.71. The predicted molar refractivity (Wildman–Crippen MR) is 102 cm³/mol. The van der Waals surface area contributed by atoms with Crippen molar-refractivity contribution in [3.63, 3.8) is 0 Å². The zero-order valence-electron chi connectivity index (χ0n) is 16.3. The van der Waals surface area contributed by atoms with Gasteiger partial charge in [0.05, 0.1) is 24.7 Å². The number of carbonyl (C=O) groups excluding carboxylic acids is 2. The number of hydrogen-bond donors (Lipinski definition) is 3. The van der Waals surface area contributed by atoms with Crippen LogP contribution in [0.25, 0.3) is 0 Å². The lowest BCUT2D eigenvalue weighted by Gasteiger charge is -2.35. The molecule has 0 unspecified atom stereocenters. The summed E-state index contributed by atoms with van der Waals surface area (Å²) in [5, 5.41) is 13.3. The number of carbonyl (C=O) groups is 2. The molecule has 1 fully saturated rings. The summed E-state index contributed by atoms with van der Waals surface area (Å²) in [6.07, 6.45) is -0.376. The number of aryl methyl sites for hydroxylation is 3. The van der Waals surface area contributed by atoms with Crippen molar-refractivity contribution in [2.45, 2.75) is 38.3 Å². The van der Waals surface area contributed by atoms with Crippen LogP contribution in [0.4, 0.5) is 0 Å². The second kappa shape index (κ2) is 9.46. The fourth-order valence-electron chi connectivity index (χ4n) is 3.30. The van der Waals surface area contributed by atoms with Crippen molar-refractivity contribution < 1.29 is 27.9 Å². The molecule has 156 valence electrons. The highest BCUT2D eigenvalue weighted by Crippen LogP contribution is 2.28. The highest BCUT2D eigenvalue weighted by Gasteiger charge is 2.36. The monoisotopic (exact) mass is 413 g/mol. The minimum Gasteiger partial charge on any atom is -0.395 e. The van der Waals surface area contributed by atoms with Gasteiger partial charge in [-0.1, -0.05) is 17.7 Å². The van der Waals surface area contributed by atoms with Gasteiger partial charge in [-0.15, -0.1) is 0 Å². The minimum atomic E-state index is -3.85. The van der Waals surface area contributed by atoms with Gasteiger partial charge in [0.25, 0.3) is 0 Å². The van der Waals surface area contributed by atoms with Gasteiger partial charge < -0.3 is 20.5 Å². The normalized spacial score (nSPS) is 17.9. The topological polar surface area (TPSA) is 125 Å². The van der Waals surface area contributed by atoms with Gasteiger partial charge in [0.15, 0.2) is 0 Å². The smallest absolute Gasteiger partial charge is 0.309 e. The Balaban J connectivity index is 2.18. The van der Waals surface area contributed by atoms with Crippen LogP contribution >= 0.6 is 0 Å². The van der Waals surface area contributed by atoms with Crippen molar-refractivity contribution in [1.29, 1.82) is 0 Å². The molecule has 1 aliphatic heterocycles. The first-order valence-electron chi connectivity index (χ1n) is 9.06. The van der Waals surface area contributed by atoms with Crippen molar-refractivity contribution in [3.8, 4) is 0 Å². The molecule has 1 aliphatic rings. The number of nitrogens with zero attached hydrogens (tertiary/aromatic N) is 1. The molecule has 1 aromatic rings. The van der Waals surface area contributed by atoms with E-state index in [0.717, 1.165) is 5.56 Å². The minimum absolute atomic E-state index is 0.0430. The van der Waals surface area contributed by atoms with E-state index in [-0.39, 0.29) is 31.1 Å². The molecule has 2 amide bonds. The maximum atomic E-state index is 13.3. The van der Waals surface area contributed by atoms with Gasteiger partial charge in [-0.3, -0.25) is 9.59 Å². The second-order valence-corrected chi connectivity index (χ2v) is 8.54. The van der Waals surface area contributed by atoms with E-state index in [4.69, 9.17) is 9.84 Å². The molecule has 9 nitrogen and oxygen atoms in total. The summed E-state index contributed by atoms with van der Waals surface area (Å²) >= 11 is 0. The van der Waals surface area contributed by atoms with Gasteiger partial charge in [0.2, 0.25) is 10.0 Å². The van der Waals surface area contributed by atoms with Crippen molar-refractivity contribution in [3.05, 3.63) is 28.8 Å². The Morgan fingerprint density at radius 3 is 2.39 bits per heavy atom. The van der Waals surface area contributed by atoms with Gasteiger partial charge >= 0.3 is 11.8 Å². The fourth-order valence-corrected chi connectivity index (χ4v) is 5.28. The first kappa shape index (κ1) is 22.3. The number of nitrogens with one attached hydrogen (secondary N) is 2. The third kappa shape index (κ3) is 5.07. The van der Waals surface area contributed by atoms with Crippen LogP contribution in [0.2, 0.25) is 0 Å². The van der Waals surface area contributed by atoms with E-state index < -0.39 is 28.1 Å². The molecule has 0 spiro atoms. The van der Waals surface area contributed by atoms with Crippen LogP contribution in [0.1, 0.15) is 23.1 Å². The molecular formula is C18H27N3O6S. The van der Waals surface area contributed by atoms with E-state index >= 15 is 0 Å². The van der Waals surface area contributed by atoms with Crippen LogP contribution in [0, 0.1) is 20.8 Å². The first-order valence-corrected chi connectivity index (χ1v) is 10.5. The summed E-state index contributed by atoms with van der Waals surface area (Å²) in [5.41, 5.74) is 2.27. The Hall–Kier alpha value is -2.01. The van der Waals surface area contributed by atoms with Crippen LogP contribution < -0.4 is 10.6 Å². The largest absolute Gasteiger partial charge is 0.395 e. The third-order valence-electron chi connectivity index (χ3n) is 4.37. The maximum absolute atomic E-state index is 13.3. The molecule has 2 rings (SSSR count). The third-order valence-corrected chi connectivity index (χ3v) is 6.56. The molecule has 1 atom stereocenters. The van der Waals surface area contributed by atoms with Crippen molar-refractivity contribution in [2.24, 2.45) is 0 Å². The van der Waals surface area contributed by atoms with E-state index in [1.165, 1.54) is 4.31 Å². The Labute approximate surface area is 165 Å². The van der Waals surface area contributed by atoms with Crippen LogP contribution in [0.3, 0.4) is 0 Å². The molecule has 0 saturated carbocycles.